The highest BCUT2D eigenvalue weighted by atomic mass is 32.1. The van der Waals surface area contributed by atoms with Crippen LogP contribution in [0.4, 0.5) is 5.69 Å². The number of rotatable bonds is 3. The van der Waals surface area contributed by atoms with Gasteiger partial charge in [0.15, 0.2) is 0 Å². The Morgan fingerprint density at radius 1 is 1.10 bits per heavy atom. The molecule has 0 saturated heterocycles. The molecule has 0 aliphatic heterocycles. The molecule has 4 heteroatoms. The van der Waals surface area contributed by atoms with E-state index < -0.39 is 0 Å². The van der Waals surface area contributed by atoms with Crippen LogP contribution in [-0.2, 0) is 17.6 Å². The van der Waals surface area contributed by atoms with Crippen molar-refractivity contribution < 1.29 is 4.79 Å². The van der Waals surface area contributed by atoms with Crippen LogP contribution in [0, 0.1) is 12.8 Å². The second-order valence-electron chi connectivity index (χ2n) is 8.72. The standard InChI is InChI=1S/C27H26N2OS/c1-16-6-4-7-19(12-16)23-15-24(20-8-5-9-21(14-20)28-18(3)30)29-27-26(23)22-11-10-17(2)13-25(22)31-27/h4-9,12,14-15,17H,10-11,13H2,1-3H3,(H,28,30). The Hall–Kier alpha value is -2.98. The maximum Gasteiger partial charge on any atom is 0.221 e. The van der Waals surface area contributed by atoms with Crippen molar-refractivity contribution in [3.63, 3.8) is 0 Å². The molecule has 31 heavy (non-hydrogen) atoms. The lowest BCUT2D eigenvalue weighted by Crippen LogP contribution is -2.08. The number of carbonyl (C=O) groups is 1. The van der Waals surface area contributed by atoms with Crippen LogP contribution in [0.15, 0.2) is 54.6 Å². The van der Waals surface area contributed by atoms with Crippen molar-refractivity contribution in [2.75, 3.05) is 5.32 Å². The molecule has 1 N–H and O–H groups in total. The van der Waals surface area contributed by atoms with E-state index in [2.05, 4.69) is 55.6 Å². The second kappa shape index (κ2) is 7.93. The smallest absolute Gasteiger partial charge is 0.221 e. The molecule has 4 aromatic rings. The van der Waals surface area contributed by atoms with Crippen LogP contribution in [0.2, 0.25) is 0 Å². The molecule has 2 heterocycles. The zero-order chi connectivity index (χ0) is 21.5. The number of fused-ring (bicyclic) bond motifs is 3. The molecule has 1 amide bonds. The number of amides is 1. The monoisotopic (exact) mass is 426 g/mol. The Bertz CT molecular complexity index is 1300. The molecule has 0 saturated carbocycles. The van der Waals surface area contributed by atoms with Crippen LogP contribution in [0.3, 0.4) is 0 Å². The minimum atomic E-state index is -0.0685. The number of thiophene rings is 1. The van der Waals surface area contributed by atoms with Crippen molar-refractivity contribution in [2.24, 2.45) is 5.92 Å². The summed E-state index contributed by atoms with van der Waals surface area (Å²) in [6.45, 7) is 6.02. The van der Waals surface area contributed by atoms with Gasteiger partial charge in [-0.2, -0.15) is 0 Å². The molecule has 1 unspecified atom stereocenters. The average Bonchev–Trinajstić information content (AvgIpc) is 3.10. The second-order valence-corrected chi connectivity index (χ2v) is 9.80. The summed E-state index contributed by atoms with van der Waals surface area (Å²) in [5.74, 6) is 0.665. The van der Waals surface area contributed by atoms with Gasteiger partial charge >= 0.3 is 0 Å². The molecule has 0 spiro atoms. The summed E-state index contributed by atoms with van der Waals surface area (Å²) in [6.07, 6.45) is 3.53. The van der Waals surface area contributed by atoms with Crippen LogP contribution in [-0.4, -0.2) is 10.9 Å². The van der Waals surface area contributed by atoms with Crippen molar-refractivity contribution in [1.29, 1.82) is 0 Å². The molecule has 0 radical (unpaired) electrons. The number of benzene rings is 2. The highest BCUT2D eigenvalue weighted by Crippen LogP contribution is 2.43. The van der Waals surface area contributed by atoms with E-state index in [0.29, 0.717) is 0 Å². The Labute approximate surface area is 187 Å². The predicted molar refractivity (Wildman–Crippen MR) is 131 cm³/mol. The molecule has 1 aliphatic carbocycles. The Balaban J connectivity index is 1.74. The number of aromatic nitrogens is 1. The summed E-state index contributed by atoms with van der Waals surface area (Å²) in [5, 5.41) is 4.22. The quantitative estimate of drug-likeness (QED) is 0.382. The van der Waals surface area contributed by atoms with Crippen LogP contribution in [0.1, 0.15) is 36.3 Å². The summed E-state index contributed by atoms with van der Waals surface area (Å²) in [7, 11) is 0. The Morgan fingerprint density at radius 3 is 2.71 bits per heavy atom. The van der Waals surface area contributed by atoms with E-state index in [-0.39, 0.29) is 5.91 Å². The first-order valence-corrected chi connectivity index (χ1v) is 11.7. The first kappa shape index (κ1) is 20.0. The van der Waals surface area contributed by atoms with Crippen LogP contribution >= 0.6 is 11.3 Å². The van der Waals surface area contributed by atoms with Crippen molar-refractivity contribution in [1.82, 2.24) is 4.98 Å². The van der Waals surface area contributed by atoms with Gasteiger partial charge in [0.05, 0.1) is 5.69 Å². The Morgan fingerprint density at radius 2 is 1.90 bits per heavy atom. The SMILES string of the molecule is CC(=O)Nc1cccc(-c2cc(-c3cccc(C)c3)c3c4c(sc3n2)CC(C)CC4)c1. The van der Waals surface area contributed by atoms with Crippen molar-refractivity contribution in [3.05, 3.63) is 70.6 Å². The van der Waals surface area contributed by atoms with E-state index in [1.54, 1.807) is 0 Å². The number of anilines is 1. The molecule has 3 nitrogen and oxygen atoms in total. The van der Waals surface area contributed by atoms with Gasteiger partial charge in [-0.15, -0.1) is 11.3 Å². The van der Waals surface area contributed by atoms with Crippen LogP contribution in [0.25, 0.3) is 32.6 Å². The fourth-order valence-corrected chi connectivity index (χ4v) is 6.00. The average molecular weight is 427 g/mol. The number of hydrogen-bond donors (Lipinski definition) is 1. The van der Waals surface area contributed by atoms with E-state index in [4.69, 9.17) is 4.98 Å². The molecular weight excluding hydrogens is 400 g/mol. The number of nitrogens with zero attached hydrogens (tertiary/aromatic N) is 1. The first-order valence-electron chi connectivity index (χ1n) is 10.9. The fourth-order valence-electron chi connectivity index (χ4n) is 4.59. The number of carbonyl (C=O) groups excluding carboxylic acids is 1. The van der Waals surface area contributed by atoms with Gasteiger partial charge in [0.2, 0.25) is 5.91 Å². The normalized spacial score (nSPS) is 15.6. The van der Waals surface area contributed by atoms with Gasteiger partial charge in [0.1, 0.15) is 4.83 Å². The van der Waals surface area contributed by atoms with E-state index in [0.717, 1.165) is 40.5 Å². The third-order valence-electron chi connectivity index (χ3n) is 6.07. The maximum absolute atomic E-state index is 11.5. The number of aryl methyl sites for hydroxylation is 2. The lowest BCUT2D eigenvalue weighted by atomic mass is 9.87. The molecule has 1 atom stereocenters. The Kier molecular flexibility index (Phi) is 5.11. The minimum absolute atomic E-state index is 0.0685. The number of hydrogen-bond acceptors (Lipinski definition) is 3. The van der Waals surface area contributed by atoms with Gasteiger partial charge < -0.3 is 5.32 Å². The van der Waals surface area contributed by atoms with E-state index >= 15 is 0 Å². The topological polar surface area (TPSA) is 42.0 Å². The zero-order valence-corrected chi connectivity index (χ0v) is 19.0. The summed E-state index contributed by atoms with van der Waals surface area (Å²) in [6, 6.07) is 18.9. The summed E-state index contributed by atoms with van der Waals surface area (Å²) < 4.78 is 0. The summed E-state index contributed by atoms with van der Waals surface area (Å²) >= 11 is 1.86. The molecule has 5 rings (SSSR count). The highest BCUT2D eigenvalue weighted by Gasteiger charge is 2.24. The molecule has 0 fully saturated rings. The molecule has 1 aliphatic rings. The number of nitrogens with one attached hydrogen (secondary N) is 1. The summed E-state index contributed by atoms with van der Waals surface area (Å²) in [5.41, 5.74) is 8.02. The van der Waals surface area contributed by atoms with Gasteiger partial charge in [-0.05, 0) is 67.0 Å². The van der Waals surface area contributed by atoms with E-state index in [1.807, 2.05) is 29.5 Å². The lowest BCUT2D eigenvalue weighted by Gasteiger charge is -2.18. The van der Waals surface area contributed by atoms with Gasteiger partial charge in [-0.25, -0.2) is 4.98 Å². The van der Waals surface area contributed by atoms with E-state index in [9.17, 15) is 4.79 Å². The molecular formula is C27H26N2OS. The van der Waals surface area contributed by atoms with Crippen LogP contribution < -0.4 is 5.32 Å². The van der Waals surface area contributed by atoms with Crippen LogP contribution in [0.5, 0.6) is 0 Å². The van der Waals surface area contributed by atoms with Gasteiger partial charge in [-0.1, -0.05) is 48.9 Å². The van der Waals surface area contributed by atoms with Gasteiger partial charge in [0, 0.05) is 28.4 Å². The fraction of sp³-hybridized carbons (Fsp3) is 0.259. The molecule has 156 valence electrons. The molecule has 2 aromatic carbocycles. The molecule has 2 aromatic heterocycles. The molecule has 0 bridgehead atoms. The predicted octanol–water partition coefficient (Wildman–Crippen LogP) is 7.02. The largest absolute Gasteiger partial charge is 0.326 e. The third kappa shape index (κ3) is 3.88. The van der Waals surface area contributed by atoms with Gasteiger partial charge in [0.25, 0.3) is 0 Å². The zero-order valence-electron chi connectivity index (χ0n) is 18.2. The minimum Gasteiger partial charge on any atom is -0.326 e. The first-order chi connectivity index (χ1) is 15.0. The highest BCUT2D eigenvalue weighted by molar-refractivity contribution is 7.19. The maximum atomic E-state index is 11.5. The van der Waals surface area contributed by atoms with Gasteiger partial charge in [-0.3, -0.25) is 4.79 Å². The lowest BCUT2D eigenvalue weighted by molar-refractivity contribution is -0.114. The number of pyridine rings is 1. The van der Waals surface area contributed by atoms with Crippen molar-refractivity contribution in [3.8, 4) is 22.4 Å². The summed E-state index contributed by atoms with van der Waals surface area (Å²) in [4.78, 5) is 19.3. The van der Waals surface area contributed by atoms with Crippen molar-refractivity contribution in [2.45, 2.75) is 40.0 Å². The third-order valence-corrected chi connectivity index (χ3v) is 7.22. The van der Waals surface area contributed by atoms with Crippen molar-refractivity contribution >= 4 is 33.1 Å². The van der Waals surface area contributed by atoms with E-state index in [1.165, 1.54) is 45.9 Å².